The number of anilines is 2. The first-order valence-corrected chi connectivity index (χ1v) is 8.73. The molecule has 2 unspecified atom stereocenters. The molecule has 2 aromatic heterocycles. The Morgan fingerprint density at radius 2 is 1.96 bits per heavy atom. The molecule has 0 aromatic carbocycles. The van der Waals surface area contributed by atoms with Crippen molar-refractivity contribution in [1.29, 1.82) is 0 Å². The fourth-order valence-corrected chi connectivity index (χ4v) is 3.86. The lowest BCUT2D eigenvalue weighted by Gasteiger charge is -2.39. The highest BCUT2D eigenvalue weighted by Crippen LogP contribution is 2.36. The summed E-state index contributed by atoms with van der Waals surface area (Å²) in [6, 6.07) is 2.82. The summed E-state index contributed by atoms with van der Waals surface area (Å²) in [6.45, 7) is 2.05. The van der Waals surface area contributed by atoms with Crippen molar-refractivity contribution in [2.75, 3.05) is 36.5 Å². The minimum Gasteiger partial charge on any atom is -0.481 e. The number of alkyl halides is 3. The first-order valence-electron chi connectivity index (χ1n) is 8.73. The average Bonchev–Trinajstić information content (AvgIpc) is 3.10. The Hall–Kier alpha value is -2.65. The highest BCUT2D eigenvalue weighted by molar-refractivity contribution is 5.44. The fourth-order valence-electron chi connectivity index (χ4n) is 3.86. The van der Waals surface area contributed by atoms with Gasteiger partial charge in [0.2, 0.25) is 11.8 Å². The van der Waals surface area contributed by atoms with Crippen molar-refractivity contribution in [3.8, 4) is 5.88 Å². The quantitative estimate of drug-likeness (QED) is 0.810. The van der Waals surface area contributed by atoms with E-state index in [1.807, 2.05) is 4.90 Å². The lowest BCUT2D eigenvalue weighted by molar-refractivity contribution is -0.141. The van der Waals surface area contributed by atoms with Crippen molar-refractivity contribution < 1.29 is 17.9 Å². The summed E-state index contributed by atoms with van der Waals surface area (Å²) in [7, 11) is 1.55. The maximum atomic E-state index is 13.0. The number of piperidine rings is 1. The third-order valence-electron chi connectivity index (χ3n) is 5.21. The molecule has 27 heavy (non-hydrogen) atoms. The van der Waals surface area contributed by atoms with E-state index in [-0.39, 0.29) is 6.04 Å². The summed E-state index contributed by atoms with van der Waals surface area (Å²) in [5.41, 5.74) is -0.922. The van der Waals surface area contributed by atoms with Crippen LogP contribution >= 0.6 is 0 Å². The third-order valence-corrected chi connectivity index (χ3v) is 5.21. The monoisotopic (exact) mass is 380 g/mol. The number of halogens is 3. The summed E-state index contributed by atoms with van der Waals surface area (Å²) < 4.78 is 44.1. The van der Waals surface area contributed by atoms with Crippen LogP contribution in [0.2, 0.25) is 0 Å². The highest BCUT2D eigenvalue weighted by Gasteiger charge is 2.40. The van der Waals surface area contributed by atoms with E-state index in [1.165, 1.54) is 0 Å². The number of rotatable bonds is 3. The lowest BCUT2D eigenvalue weighted by atomic mass is 9.92. The number of nitrogens with zero attached hydrogens (tertiary/aromatic N) is 6. The number of aromatic nitrogens is 4. The molecular formula is C17H19F3N6O. The predicted molar refractivity (Wildman–Crippen MR) is 91.7 cm³/mol. The molecule has 2 fully saturated rings. The van der Waals surface area contributed by atoms with Gasteiger partial charge in [0.15, 0.2) is 0 Å². The van der Waals surface area contributed by atoms with E-state index < -0.39 is 11.9 Å². The van der Waals surface area contributed by atoms with Crippen molar-refractivity contribution in [2.24, 2.45) is 5.92 Å². The topological polar surface area (TPSA) is 67.3 Å². The van der Waals surface area contributed by atoms with Gasteiger partial charge in [-0.05, 0) is 18.8 Å². The molecule has 7 nitrogen and oxygen atoms in total. The molecule has 4 rings (SSSR count). The molecule has 0 N–H and O–H groups in total. The molecule has 2 atom stereocenters. The zero-order valence-corrected chi connectivity index (χ0v) is 14.7. The van der Waals surface area contributed by atoms with Gasteiger partial charge in [0, 0.05) is 38.0 Å². The van der Waals surface area contributed by atoms with E-state index in [0.717, 1.165) is 31.8 Å². The van der Waals surface area contributed by atoms with Gasteiger partial charge in [0.25, 0.3) is 0 Å². The summed E-state index contributed by atoms with van der Waals surface area (Å²) >= 11 is 0. The molecule has 2 aliphatic heterocycles. The van der Waals surface area contributed by atoms with Crippen LogP contribution in [0.15, 0.2) is 24.7 Å². The molecular weight excluding hydrogens is 361 g/mol. The molecule has 2 aliphatic rings. The van der Waals surface area contributed by atoms with Crippen molar-refractivity contribution >= 4 is 11.8 Å². The molecule has 0 saturated carbocycles. The second-order valence-corrected chi connectivity index (χ2v) is 6.70. The molecule has 0 bridgehead atoms. The van der Waals surface area contributed by atoms with Gasteiger partial charge in [-0.3, -0.25) is 0 Å². The number of hydrogen-bond donors (Lipinski definition) is 0. The Morgan fingerprint density at radius 1 is 1.15 bits per heavy atom. The molecule has 0 aliphatic carbocycles. The van der Waals surface area contributed by atoms with Gasteiger partial charge in [-0.15, -0.1) is 0 Å². The Kier molecular flexibility index (Phi) is 4.48. The van der Waals surface area contributed by atoms with Crippen LogP contribution in [0.1, 0.15) is 18.5 Å². The van der Waals surface area contributed by atoms with Gasteiger partial charge in [-0.2, -0.15) is 18.2 Å². The first kappa shape index (κ1) is 17.7. The smallest absolute Gasteiger partial charge is 0.433 e. The van der Waals surface area contributed by atoms with Crippen molar-refractivity contribution in [1.82, 2.24) is 19.9 Å². The summed E-state index contributed by atoms with van der Waals surface area (Å²) in [5.74, 6) is 1.83. The van der Waals surface area contributed by atoms with E-state index >= 15 is 0 Å². The van der Waals surface area contributed by atoms with E-state index in [0.29, 0.717) is 36.7 Å². The van der Waals surface area contributed by atoms with Crippen molar-refractivity contribution in [3.63, 3.8) is 0 Å². The van der Waals surface area contributed by atoms with Crippen LogP contribution in [0.5, 0.6) is 5.88 Å². The van der Waals surface area contributed by atoms with Crippen LogP contribution in [0.25, 0.3) is 0 Å². The fraction of sp³-hybridized carbons (Fsp3) is 0.529. The number of ether oxygens (including phenoxy) is 1. The Balaban J connectivity index is 1.56. The predicted octanol–water partition coefficient (Wildman–Crippen LogP) is 2.40. The van der Waals surface area contributed by atoms with Crippen LogP contribution in [0.4, 0.5) is 24.9 Å². The third kappa shape index (κ3) is 3.47. The number of hydrogen-bond acceptors (Lipinski definition) is 7. The van der Waals surface area contributed by atoms with Crippen LogP contribution in [-0.2, 0) is 6.18 Å². The summed E-state index contributed by atoms with van der Waals surface area (Å²) in [4.78, 5) is 20.2. The standard InChI is InChI=1S/C17H19F3N6O/c1-27-15-2-5-21-16(24-15)26-7-4-11-3-6-25(9-12(11)26)14-8-13(17(18,19)20)22-10-23-14/h2,5,8,10-12H,3-4,6-7,9H2,1H3. The van der Waals surface area contributed by atoms with Gasteiger partial charge in [0.05, 0.1) is 13.2 Å². The van der Waals surface area contributed by atoms with Gasteiger partial charge >= 0.3 is 6.18 Å². The molecule has 0 spiro atoms. The maximum absolute atomic E-state index is 13.0. The van der Waals surface area contributed by atoms with Gasteiger partial charge in [-0.25, -0.2) is 15.0 Å². The first-order chi connectivity index (χ1) is 13.0. The largest absolute Gasteiger partial charge is 0.481 e. The van der Waals surface area contributed by atoms with E-state index in [9.17, 15) is 13.2 Å². The maximum Gasteiger partial charge on any atom is 0.433 e. The van der Waals surface area contributed by atoms with E-state index in [2.05, 4.69) is 24.8 Å². The summed E-state index contributed by atoms with van der Waals surface area (Å²) in [5, 5.41) is 0. The van der Waals surface area contributed by atoms with Crippen LogP contribution < -0.4 is 14.5 Å². The van der Waals surface area contributed by atoms with Crippen LogP contribution in [0.3, 0.4) is 0 Å². The second-order valence-electron chi connectivity index (χ2n) is 6.70. The average molecular weight is 380 g/mol. The Morgan fingerprint density at radius 3 is 2.74 bits per heavy atom. The van der Waals surface area contributed by atoms with Crippen LogP contribution in [0, 0.1) is 5.92 Å². The summed E-state index contributed by atoms with van der Waals surface area (Å²) in [6.07, 6.45) is 0.0356. The molecule has 2 aromatic rings. The van der Waals surface area contributed by atoms with Crippen molar-refractivity contribution in [3.05, 3.63) is 30.4 Å². The minimum absolute atomic E-state index is 0.121. The minimum atomic E-state index is -4.48. The Bertz CT molecular complexity index is 817. The normalized spacial score (nSPS) is 22.7. The number of fused-ring (bicyclic) bond motifs is 1. The molecule has 10 heteroatoms. The molecule has 0 radical (unpaired) electrons. The van der Waals surface area contributed by atoms with E-state index in [1.54, 1.807) is 19.4 Å². The lowest BCUT2D eigenvalue weighted by Crippen LogP contribution is -2.49. The van der Waals surface area contributed by atoms with Crippen molar-refractivity contribution in [2.45, 2.75) is 25.1 Å². The SMILES string of the molecule is COc1ccnc(N2CCC3CCN(c4cc(C(F)(F)F)ncn4)CC32)n1. The van der Waals surface area contributed by atoms with Gasteiger partial charge in [-0.1, -0.05) is 0 Å². The second kappa shape index (κ2) is 6.82. The Labute approximate surface area is 154 Å². The van der Waals surface area contributed by atoms with Gasteiger partial charge < -0.3 is 14.5 Å². The van der Waals surface area contributed by atoms with Crippen LogP contribution in [-0.4, -0.2) is 52.7 Å². The zero-order chi connectivity index (χ0) is 19.0. The zero-order valence-electron chi connectivity index (χ0n) is 14.7. The van der Waals surface area contributed by atoms with E-state index in [4.69, 9.17) is 4.74 Å². The molecule has 2 saturated heterocycles. The van der Waals surface area contributed by atoms with Gasteiger partial charge in [0.1, 0.15) is 17.8 Å². The highest BCUT2D eigenvalue weighted by atomic mass is 19.4. The molecule has 0 amide bonds. The molecule has 4 heterocycles. The number of methoxy groups -OCH3 is 1. The molecule has 144 valence electrons.